The number of hydrogen-bond donors (Lipinski definition) is 0. The van der Waals surface area contributed by atoms with E-state index in [1.165, 1.54) is 4.31 Å². The van der Waals surface area contributed by atoms with Gasteiger partial charge in [0.05, 0.1) is 18.1 Å². The maximum absolute atomic E-state index is 13.3. The number of carbonyl (C=O) groups excluding carboxylic acids is 1. The third-order valence-electron chi connectivity index (χ3n) is 5.76. The molecule has 4 rings (SSSR count). The summed E-state index contributed by atoms with van der Waals surface area (Å²) in [7, 11) is -3.67. The number of sulfonamides is 1. The molecule has 1 aromatic carbocycles. The molecule has 2 fully saturated rings. The fourth-order valence-electron chi connectivity index (χ4n) is 4.01. The second-order valence-corrected chi connectivity index (χ2v) is 10.4. The molecule has 0 N–H and O–H groups in total. The van der Waals surface area contributed by atoms with Crippen molar-refractivity contribution in [1.82, 2.24) is 14.2 Å². The van der Waals surface area contributed by atoms with E-state index in [1.54, 1.807) is 35.7 Å². The number of aromatic nitrogens is 1. The van der Waals surface area contributed by atoms with Crippen molar-refractivity contribution in [2.45, 2.75) is 24.7 Å². The van der Waals surface area contributed by atoms with E-state index in [9.17, 15) is 13.2 Å². The number of carbonyl (C=O) groups is 1. The van der Waals surface area contributed by atoms with Gasteiger partial charge in [-0.1, -0.05) is 13.0 Å². The fourth-order valence-corrected chi connectivity index (χ4v) is 6.44. The number of aryl methyl sites for hydroxylation is 1. The number of nitrogens with zero attached hydrogens (tertiary/aromatic N) is 4. The summed E-state index contributed by atoms with van der Waals surface area (Å²) in [4.78, 5) is 21.9. The third kappa shape index (κ3) is 4.77. The molecular formula is C21H28N4O4S2. The first-order valence-corrected chi connectivity index (χ1v) is 13.0. The molecule has 168 valence electrons. The first-order chi connectivity index (χ1) is 15.0. The lowest BCUT2D eigenvalue weighted by atomic mass is 10.1. The molecule has 31 heavy (non-hydrogen) atoms. The molecule has 0 atom stereocenters. The van der Waals surface area contributed by atoms with E-state index in [-0.39, 0.29) is 10.8 Å². The molecular weight excluding hydrogens is 436 g/mol. The molecule has 8 nitrogen and oxygen atoms in total. The van der Waals surface area contributed by atoms with Gasteiger partial charge < -0.3 is 14.5 Å². The van der Waals surface area contributed by atoms with E-state index in [4.69, 9.17) is 4.74 Å². The molecule has 0 radical (unpaired) electrons. The molecule has 2 aromatic rings. The minimum Gasteiger partial charge on any atom is -0.379 e. The van der Waals surface area contributed by atoms with Gasteiger partial charge in [0, 0.05) is 56.4 Å². The van der Waals surface area contributed by atoms with Gasteiger partial charge in [-0.3, -0.25) is 4.79 Å². The summed E-state index contributed by atoms with van der Waals surface area (Å²) in [6, 6.07) is 5.10. The predicted octanol–water partition coefficient (Wildman–Crippen LogP) is 2.08. The summed E-state index contributed by atoms with van der Waals surface area (Å²) in [5.74, 6) is -0.123. The zero-order valence-corrected chi connectivity index (χ0v) is 19.3. The summed E-state index contributed by atoms with van der Waals surface area (Å²) < 4.78 is 33.3. The number of thiazole rings is 1. The fraction of sp³-hybridized carbons (Fsp3) is 0.524. The molecule has 0 saturated carbocycles. The van der Waals surface area contributed by atoms with Crippen LogP contribution >= 0.6 is 11.3 Å². The highest BCUT2D eigenvalue weighted by molar-refractivity contribution is 7.89. The molecule has 3 heterocycles. The molecule has 2 aliphatic heterocycles. The maximum atomic E-state index is 13.3. The van der Waals surface area contributed by atoms with Crippen LogP contribution in [-0.4, -0.2) is 81.0 Å². The Balaban J connectivity index is 1.55. The Bertz CT molecular complexity index is 1000. The average molecular weight is 465 g/mol. The highest BCUT2D eigenvalue weighted by atomic mass is 32.2. The molecule has 2 aliphatic rings. The van der Waals surface area contributed by atoms with Gasteiger partial charge in [0.1, 0.15) is 0 Å². The molecule has 0 spiro atoms. The SMILES string of the molecule is CCc1ccc(C(=O)N2CCCN(c3nccs3)CC2)cc1S(=O)(=O)N1CCOCC1. The lowest BCUT2D eigenvalue weighted by Gasteiger charge is -2.27. The topological polar surface area (TPSA) is 83.1 Å². The van der Waals surface area contributed by atoms with Crippen LogP contribution in [0.25, 0.3) is 0 Å². The van der Waals surface area contributed by atoms with Crippen molar-refractivity contribution < 1.29 is 17.9 Å². The van der Waals surface area contributed by atoms with Crippen LogP contribution in [0, 0.1) is 0 Å². The van der Waals surface area contributed by atoms with Crippen LogP contribution in [0.1, 0.15) is 29.3 Å². The van der Waals surface area contributed by atoms with E-state index in [1.807, 2.05) is 17.2 Å². The van der Waals surface area contributed by atoms with Crippen molar-refractivity contribution >= 4 is 32.4 Å². The van der Waals surface area contributed by atoms with Gasteiger partial charge in [0.15, 0.2) is 5.13 Å². The van der Waals surface area contributed by atoms with E-state index in [0.717, 1.165) is 23.7 Å². The lowest BCUT2D eigenvalue weighted by Crippen LogP contribution is -2.41. The standard InChI is InChI=1S/C21H28N4O4S2/c1-2-17-4-5-18(16-19(17)31(27,28)25-11-13-29-14-12-25)20(26)23-7-3-8-24(10-9-23)21-22-6-15-30-21/h4-6,15-16H,2-3,7-14H2,1H3. The van der Waals surface area contributed by atoms with Crippen molar-refractivity contribution in [1.29, 1.82) is 0 Å². The first-order valence-electron chi connectivity index (χ1n) is 10.6. The predicted molar refractivity (Wildman–Crippen MR) is 120 cm³/mol. The average Bonchev–Trinajstić information content (AvgIpc) is 3.23. The van der Waals surface area contributed by atoms with Crippen LogP contribution in [0.4, 0.5) is 5.13 Å². The van der Waals surface area contributed by atoms with Gasteiger partial charge in [0.2, 0.25) is 10.0 Å². The van der Waals surface area contributed by atoms with Crippen LogP contribution in [0.15, 0.2) is 34.7 Å². The monoisotopic (exact) mass is 464 g/mol. The Morgan fingerprint density at radius 2 is 1.94 bits per heavy atom. The number of amides is 1. The van der Waals surface area contributed by atoms with Gasteiger partial charge in [0.25, 0.3) is 5.91 Å². The van der Waals surface area contributed by atoms with Crippen molar-refractivity contribution in [3.63, 3.8) is 0 Å². The number of benzene rings is 1. The van der Waals surface area contributed by atoms with Crippen LogP contribution in [0.3, 0.4) is 0 Å². The van der Waals surface area contributed by atoms with Gasteiger partial charge in [-0.05, 0) is 30.5 Å². The molecule has 2 saturated heterocycles. The van der Waals surface area contributed by atoms with Crippen LogP contribution in [0.2, 0.25) is 0 Å². The highest BCUT2D eigenvalue weighted by Crippen LogP contribution is 2.25. The minimum atomic E-state index is -3.67. The molecule has 0 bridgehead atoms. The summed E-state index contributed by atoms with van der Waals surface area (Å²) in [6.07, 6.45) is 3.22. The molecule has 1 amide bonds. The van der Waals surface area contributed by atoms with E-state index < -0.39 is 10.0 Å². The van der Waals surface area contributed by atoms with Gasteiger partial charge >= 0.3 is 0 Å². The van der Waals surface area contributed by atoms with Crippen molar-refractivity contribution in [2.24, 2.45) is 0 Å². The van der Waals surface area contributed by atoms with Gasteiger partial charge in [-0.25, -0.2) is 13.4 Å². The normalized spacial score (nSPS) is 18.7. The molecule has 0 unspecified atom stereocenters. The van der Waals surface area contributed by atoms with Crippen LogP contribution < -0.4 is 4.90 Å². The van der Waals surface area contributed by atoms with Crippen molar-refractivity contribution in [2.75, 3.05) is 57.4 Å². The third-order valence-corrected chi connectivity index (χ3v) is 8.57. The van der Waals surface area contributed by atoms with Gasteiger partial charge in [-0.2, -0.15) is 4.31 Å². The summed E-state index contributed by atoms with van der Waals surface area (Å²) in [5.41, 5.74) is 1.15. The number of anilines is 1. The summed E-state index contributed by atoms with van der Waals surface area (Å²) in [5, 5.41) is 2.93. The first kappa shape index (κ1) is 22.2. The van der Waals surface area contributed by atoms with Crippen molar-refractivity contribution in [3.8, 4) is 0 Å². The maximum Gasteiger partial charge on any atom is 0.253 e. The Kier molecular flexibility index (Phi) is 6.90. The summed E-state index contributed by atoms with van der Waals surface area (Å²) >= 11 is 1.60. The second kappa shape index (κ2) is 9.64. The minimum absolute atomic E-state index is 0.123. The molecule has 1 aromatic heterocycles. The molecule has 0 aliphatic carbocycles. The smallest absolute Gasteiger partial charge is 0.253 e. The lowest BCUT2D eigenvalue weighted by molar-refractivity contribution is 0.0729. The quantitative estimate of drug-likeness (QED) is 0.674. The number of morpholine rings is 1. The Morgan fingerprint density at radius 3 is 2.65 bits per heavy atom. The van der Waals surface area contributed by atoms with E-state index >= 15 is 0 Å². The highest BCUT2D eigenvalue weighted by Gasteiger charge is 2.30. The van der Waals surface area contributed by atoms with E-state index in [0.29, 0.717) is 57.9 Å². The zero-order chi connectivity index (χ0) is 21.8. The Hall–Kier alpha value is -2.01. The number of ether oxygens (including phenoxy) is 1. The summed E-state index contributed by atoms with van der Waals surface area (Å²) in [6.45, 7) is 6.17. The second-order valence-electron chi connectivity index (χ2n) is 7.64. The number of hydrogen-bond acceptors (Lipinski definition) is 7. The zero-order valence-electron chi connectivity index (χ0n) is 17.7. The van der Waals surface area contributed by atoms with Gasteiger partial charge in [-0.15, -0.1) is 11.3 Å². The van der Waals surface area contributed by atoms with Crippen LogP contribution in [-0.2, 0) is 21.2 Å². The van der Waals surface area contributed by atoms with Crippen molar-refractivity contribution in [3.05, 3.63) is 40.9 Å². The van der Waals surface area contributed by atoms with Crippen LogP contribution in [0.5, 0.6) is 0 Å². The Labute approximate surface area is 187 Å². The Morgan fingerprint density at radius 1 is 1.13 bits per heavy atom. The molecule has 10 heteroatoms. The largest absolute Gasteiger partial charge is 0.379 e. The number of rotatable bonds is 5. The van der Waals surface area contributed by atoms with E-state index in [2.05, 4.69) is 9.88 Å².